The molecule has 0 atom stereocenters. The number of para-hydroxylation sites is 1. The third kappa shape index (κ3) is 3.66. The van der Waals surface area contributed by atoms with Gasteiger partial charge < -0.3 is 4.74 Å². The summed E-state index contributed by atoms with van der Waals surface area (Å²) >= 11 is 0. The van der Waals surface area contributed by atoms with Gasteiger partial charge in [0, 0.05) is 28.5 Å². The Balaban J connectivity index is 1.68. The minimum Gasteiger partial charge on any atom is -0.496 e. The fourth-order valence-electron chi connectivity index (χ4n) is 5.31. The van der Waals surface area contributed by atoms with Gasteiger partial charge in [-0.05, 0) is 46.9 Å². The molecule has 2 aromatic heterocycles. The summed E-state index contributed by atoms with van der Waals surface area (Å²) in [6.07, 6.45) is 1.23. The van der Waals surface area contributed by atoms with E-state index in [1.165, 1.54) is 0 Å². The number of pyridine rings is 2. The SMILES string of the molecule is COc1ccc2ccccc2c1-c1cc(-c2ccc3ccccc3n2)nc2c1C(=O)CC(C)(C)C2. The zero-order valence-electron chi connectivity index (χ0n) is 20.1. The molecular weight excluding hydrogens is 432 g/mol. The molecule has 0 bridgehead atoms. The van der Waals surface area contributed by atoms with Crippen LogP contribution in [0.1, 0.15) is 36.3 Å². The molecule has 4 nitrogen and oxygen atoms in total. The van der Waals surface area contributed by atoms with Crippen LogP contribution < -0.4 is 4.74 Å². The number of methoxy groups -OCH3 is 1. The quantitative estimate of drug-likeness (QED) is 0.285. The highest BCUT2D eigenvalue weighted by atomic mass is 16.5. The van der Waals surface area contributed by atoms with E-state index < -0.39 is 0 Å². The minimum atomic E-state index is -0.146. The van der Waals surface area contributed by atoms with Crippen molar-refractivity contribution in [1.29, 1.82) is 0 Å². The van der Waals surface area contributed by atoms with Gasteiger partial charge in [-0.1, -0.05) is 68.4 Å². The summed E-state index contributed by atoms with van der Waals surface area (Å²) in [6.45, 7) is 4.27. The Labute approximate surface area is 204 Å². The van der Waals surface area contributed by atoms with Gasteiger partial charge in [0.1, 0.15) is 5.75 Å². The summed E-state index contributed by atoms with van der Waals surface area (Å²) in [5.74, 6) is 0.874. The van der Waals surface area contributed by atoms with E-state index in [0.29, 0.717) is 12.0 Å². The molecule has 0 amide bonds. The maximum absolute atomic E-state index is 13.6. The molecule has 5 aromatic rings. The molecule has 1 aliphatic carbocycles. The van der Waals surface area contributed by atoms with Crippen LogP contribution in [0.2, 0.25) is 0 Å². The lowest BCUT2D eigenvalue weighted by Gasteiger charge is -2.31. The Kier molecular flexibility index (Phi) is 4.92. The van der Waals surface area contributed by atoms with Crippen LogP contribution in [-0.2, 0) is 6.42 Å². The van der Waals surface area contributed by atoms with Crippen molar-refractivity contribution in [1.82, 2.24) is 9.97 Å². The minimum absolute atomic E-state index is 0.131. The van der Waals surface area contributed by atoms with Crippen LogP contribution in [0.4, 0.5) is 0 Å². The molecule has 0 radical (unpaired) electrons. The van der Waals surface area contributed by atoms with Gasteiger partial charge in [-0.3, -0.25) is 9.78 Å². The molecule has 172 valence electrons. The van der Waals surface area contributed by atoms with E-state index in [4.69, 9.17) is 14.7 Å². The lowest BCUT2D eigenvalue weighted by molar-refractivity contribution is 0.0911. The first-order valence-corrected chi connectivity index (χ1v) is 11.9. The Hall–Kier alpha value is -4.05. The molecule has 3 aromatic carbocycles. The number of ketones is 1. The van der Waals surface area contributed by atoms with Crippen molar-refractivity contribution >= 4 is 27.5 Å². The Morgan fingerprint density at radius 2 is 1.51 bits per heavy atom. The van der Waals surface area contributed by atoms with E-state index in [1.54, 1.807) is 7.11 Å². The molecule has 1 aliphatic rings. The summed E-state index contributed by atoms with van der Waals surface area (Å²) in [6, 6.07) is 26.4. The largest absolute Gasteiger partial charge is 0.496 e. The molecule has 0 saturated heterocycles. The van der Waals surface area contributed by atoms with Crippen molar-refractivity contribution in [2.24, 2.45) is 5.41 Å². The van der Waals surface area contributed by atoms with E-state index in [0.717, 1.165) is 62.1 Å². The lowest BCUT2D eigenvalue weighted by atomic mass is 9.73. The van der Waals surface area contributed by atoms with Gasteiger partial charge >= 0.3 is 0 Å². The predicted octanol–water partition coefficient (Wildman–Crippen LogP) is 7.28. The van der Waals surface area contributed by atoms with Crippen molar-refractivity contribution in [3.8, 4) is 28.3 Å². The van der Waals surface area contributed by atoms with Crippen LogP contribution in [0.3, 0.4) is 0 Å². The van der Waals surface area contributed by atoms with Crippen molar-refractivity contribution in [2.75, 3.05) is 7.11 Å². The zero-order valence-corrected chi connectivity index (χ0v) is 20.1. The van der Waals surface area contributed by atoms with E-state index in [9.17, 15) is 4.79 Å². The van der Waals surface area contributed by atoms with E-state index in [2.05, 4.69) is 44.2 Å². The van der Waals surface area contributed by atoms with Crippen LogP contribution in [0.5, 0.6) is 5.75 Å². The second kappa shape index (κ2) is 8.02. The monoisotopic (exact) mass is 458 g/mol. The first kappa shape index (κ1) is 21.5. The number of Topliss-reactive ketones (excluding diaryl/α,β-unsaturated/α-hetero) is 1. The first-order valence-electron chi connectivity index (χ1n) is 11.9. The molecule has 0 fully saturated rings. The maximum atomic E-state index is 13.6. The number of aromatic nitrogens is 2. The van der Waals surface area contributed by atoms with Crippen LogP contribution >= 0.6 is 0 Å². The van der Waals surface area contributed by atoms with Crippen LogP contribution in [-0.4, -0.2) is 22.9 Å². The van der Waals surface area contributed by atoms with Crippen molar-refractivity contribution in [2.45, 2.75) is 26.7 Å². The van der Waals surface area contributed by atoms with Crippen molar-refractivity contribution in [3.05, 3.63) is 90.1 Å². The number of ether oxygens (including phenoxy) is 1. The van der Waals surface area contributed by atoms with Gasteiger partial charge in [0.2, 0.25) is 0 Å². The van der Waals surface area contributed by atoms with Gasteiger partial charge in [0.25, 0.3) is 0 Å². The highest BCUT2D eigenvalue weighted by Gasteiger charge is 2.35. The number of carbonyl (C=O) groups is 1. The topological polar surface area (TPSA) is 52.1 Å². The number of hydrogen-bond donors (Lipinski definition) is 0. The van der Waals surface area contributed by atoms with Crippen molar-refractivity contribution in [3.63, 3.8) is 0 Å². The van der Waals surface area contributed by atoms with E-state index >= 15 is 0 Å². The van der Waals surface area contributed by atoms with E-state index in [-0.39, 0.29) is 11.2 Å². The number of benzene rings is 3. The van der Waals surface area contributed by atoms with Gasteiger partial charge in [-0.2, -0.15) is 0 Å². The third-order valence-corrected chi connectivity index (χ3v) is 6.90. The molecule has 0 spiro atoms. The number of nitrogens with zero attached hydrogens (tertiary/aromatic N) is 2. The molecule has 0 aliphatic heterocycles. The Bertz CT molecular complexity index is 1630. The van der Waals surface area contributed by atoms with Crippen LogP contribution in [0, 0.1) is 5.41 Å². The van der Waals surface area contributed by atoms with Gasteiger partial charge in [0.05, 0.1) is 29.7 Å². The second-order valence-corrected chi connectivity index (χ2v) is 10.1. The van der Waals surface area contributed by atoms with E-state index in [1.807, 2.05) is 48.5 Å². The molecule has 6 rings (SSSR count). The van der Waals surface area contributed by atoms with Crippen LogP contribution in [0.15, 0.2) is 78.9 Å². The average molecular weight is 459 g/mol. The van der Waals surface area contributed by atoms with Crippen LogP contribution in [0.25, 0.3) is 44.2 Å². The second-order valence-electron chi connectivity index (χ2n) is 10.1. The molecule has 0 N–H and O–H groups in total. The highest BCUT2D eigenvalue weighted by molar-refractivity contribution is 6.10. The average Bonchev–Trinajstić information content (AvgIpc) is 2.86. The summed E-state index contributed by atoms with van der Waals surface area (Å²) in [4.78, 5) is 23.5. The predicted molar refractivity (Wildman–Crippen MR) is 141 cm³/mol. The molecule has 0 saturated carbocycles. The smallest absolute Gasteiger partial charge is 0.165 e. The third-order valence-electron chi connectivity index (χ3n) is 6.90. The fraction of sp³-hybridized carbons (Fsp3) is 0.194. The number of fused-ring (bicyclic) bond motifs is 3. The normalized spacial score (nSPS) is 14.8. The molecule has 35 heavy (non-hydrogen) atoms. The number of hydrogen-bond acceptors (Lipinski definition) is 4. The summed E-state index contributed by atoms with van der Waals surface area (Å²) in [5.41, 5.74) is 5.69. The fourth-order valence-corrected chi connectivity index (χ4v) is 5.31. The van der Waals surface area contributed by atoms with Crippen molar-refractivity contribution < 1.29 is 9.53 Å². The zero-order chi connectivity index (χ0) is 24.2. The maximum Gasteiger partial charge on any atom is 0.165 e. The lowest BCUT2D eigenvalue weighted by Crippen LogP contribution is -2.28. The first-order chi connectivity index (χ1) is 16.9. The number of rotatable bonds is 3. The standard InChI is InChI=1S/C31H26N2O2/c1-31(2)17-26-30(27(34)18-31)22(29-21-10-6-4-8-19(21)13-15-28(29)35-3)16-25(33-26)24-14-12-20-9-5-7-11-23(20)32-24/h4-16H,17-18H2,1-3H3. The molecule has 2 heterocycles. The summed E-state index contributed by atoms with van der Waals surface area (Å²) in [5, 5.41) is 3.24. The Morgan fingerprint density at radius 1 is 0.771 bits per heavy atom. The summed E-state index contributed by atoms with van der Waals surface area (Å²) < 4.78 is 5.83. The highest BCUT2D eigenvalue weighted by Crippen LogP contribution is 2.44. The Morgan fingerprint density at radius 3 is 2.34 bits per heavy atom. The molecule has 0 unspecified atom stereocenters. The summed E-state index contributed by atoms with van der Waals surface area (Å²) in [7, 11) is 1.68. The van der Waals surface area contributed by atoms with Gasteiger partial charge in [0.15, 0.2) is 5.78 Å². The van der Waals surface area contributed by atoms with Gasteiger partial charge in [-0.15, -0.1) is 0 Å². The van der Waals surface area contributed by atoms with Gasteiger partial charge in [-0.25, -0.2) is 4.98 Å². The molecular formula is C31H26N2O2. The molecule has 4 heteroatoms. The number of carbonyl (C=O) groups excluding carboxylic acids is 1.